The number of rotatable bonds is 4. The van der Waals surface area contributed by atoms with Crippen LogP contribution in [-0.4, -0.2) is 23.2 Å². The van der Waals surface area contributed by atoms with Gasteiger partial charge in [0.2, 0.25) is 5.88 Å². The molecule has 90 valence electrons. The lowest BCUT2D eigenvalue weighted by molar-refractivity contribution is -0.141. The van der Waals surface area contributed by atoms with Crippen molar-refractivity contribution in [3.05, 3.63) is 11.8 Å². The number of ether oxygens (including phenoxy) is 2. The Hall–Kier alpha value is -1.53. The number of hydrogen-bond acceptors (Lipinski definition) is 4. The number of alkyl halides is 3. The molecule has 1 aromatic rings. The first kappa shape index (κ1) is 12.5. The van der Waals surface area contributed by atoms with Crippen molar-refractivity contribution in [2.45, 2.75) is 20.0 Å². The van der Waals surface area contributed by atoms with E-state index in [0.717, 1.165) is 6.07 Å². The molecule has 0 aliphatic carbocycles. The van der Waals surface area contributed by atoms with Gasteiger partial charge < -0.3 is 9.47 Å². The van der Waals surface area contributed by atoms with Crippen molar-refractivity contribution in [1.82, 2.24) is 9.97 Å². The third kappa shape index (κ3) is 3.25. The molecule has 0 saturated heterocycles. The molecule has 1 aromatic heterocycles. The Bertz CT molecular complexity index is 331. The minimum Gasteiger partial charge on any atom is -0.478 e. The van der Waals surface area contributed by atoms with Crippen LogP contribution in [0.1, 0.15) is 19.5 Å². The molecule has 16 heavy (non-hydrogen) atoms. The fourth-order valence-electron chi connectivity index (χ4n) is 0.965. The predicted octanol–water partition coefficient (Wildman–Crippen LogP) is 2.29. The first-order valence-electron chi connectivity index (χ1n) is 4.69. The van der Waals surface area contributed by atoms with E-state index in [1.165, 1.54) is 0 Å². The van der Waals surface area contributed by atoms with Crippen LogP contribution in [0, 0.1) is 0 Å². The molecule has 0 aliphatic rings. The highest BCUT2D eigenvalue weighted by atomic mass is 19.4. The van der Waals surface area contributed by atoms with Gasteiger partial charge in [-0.1, -0.05) is 0 Å². The molecule has 0 fully saturated rings. The second kappa shape index (κ2) is 5.00. The Labute approximate surface area is 90.4 Å². The molecule has 0 bridgehead atoms. The molecule has 0 unspecified atom stereocenters. The second-order valence-electron chi connectivity index (χ2n) is 2.74. The minimum absolute atomic E-state index is 0.145. The maximum Gasteiger partial charge on any atom is 0.433 e. The molecular weight excluding hydrogens is 225 g/mol. The number of aromatic nitrogens is 2. The van der Waals surface area contributed by atoms with Crippen LogP contribution in [-0.2, 0) is 6.18 Å². The fraction of sp³-hybridized carbons (Fsp3) is 0.556. The highest BCUT2D eigenvalue weighted by Crippen LogP contribution is 2.30. The van der Waals surface area contributed by atoms with Gasteiger partial charge in [0.15, 0.2) is 5.69 Å². The van der Waals surface area contributed by atoms with E-state index < -0.39 is 11.9 Å². The molecular formula is C9H11F3N2O2. The zero-order valence-corrected chi connectivity index (χ0v) is 8.84. The zero-order chi connectivity index (χ0) is 12.2. The number of nitrogens with zero attached hydrogens (tertiary/aromatic N) is 2. The van der Waals surface area contributed by atoms with Crippen molar-refractivity contribution in [3.8, 4) is 11.9 Å². The summed E-state index contributed by atoms with van der Waals surface area (Å²) >= 11 is 0. The molecule has 4 nitrogen and oxygen atoms in total. The predicted molar refractivity (Wildman–Crippen MR) is 49.4 cm³/mol. The minimum atomic E-state index is -4.54. The van der Waals surface area contributed by atoms with Gasteiger partial charge in [-0.2, -0.15) is 23.1 Å². The van der Waals surface area contributed by atoms with Crippen LogP contribution in [0.5, 0.6) is 11.9 Å². The average molecular weight is 236 g/mol. The maximum absolute atomic E-state index is 12.4. The van der Waals surface area contributed by atoms with E-state index in [1.807, 2.05) is 0 Å². The Morgan fingerprint density at radius 2 is 1.75 bits per heavy atom. The van der Waals surface area contributed by atoms with Crippen LogP contribution in [0.2, 0.25) is 0 Å². The van der Waals surface area contributed by atoms with Crippen molar-refractivity contribution in [3.63, 3.8) is 0 Å². The fourth-order valence-corrected chi connectivity index (χ4v) is 0.965. The molecule has 1 heterocycles. The molecule has 0 amide bonds. The molecule has 1 rings (SSSR count). The van der Waals surface area contributed by atoms with E-state index in [0.29, 0.717) is 0 Å². The highest BCUT2D eigenvalue weighted by Gasteiger charge is 2.34. The highest BCUT2D eigenvalue weighted by molar-refractivity contribution is 5.20. The normalized spacial score (nSPS) is 11.3. The zero-order valence-electron chi connectivity index (χ0n) is 8.84. The van der Waals surface area contributed by atoms with Crippen LogP contribution in [0.15, 0.2) is 6.07 Å². The van der Waals surface area contributed by atoms with Gasteiger partial charge in [0.1, 0.15) is 0 Å². The SMILES string of the molecule is CCOc1cc(C(F)(F)F)nc(OCC)n1. The molecule has 0 N–H and O–H groups in total. The second-order valence-corrected chi connectivity index (χ2v) is 2.74. The summed E-state index contributed by atoms with van der Waals surface area (Å²) < 4.78 is 47.0. The van der Waals surface area contributed by atoms with Gasteiger partial charge in [0.25, 0.3) is 0 Å². The van der Waals surface area contributed by atoms with Crippen molar-refractivity contribution in [2.75, 3.05) is 13.2 Å². The van der Waals surface area contributed by atoms with E-state index >= 15 is 0 Å². The van der Waals surface area contributed by atoms with Crippen molar-refractivity contribution >= 4 is 0 Å². The van der Waals surface area contributed by atoms with Gasteiger partial charge in [-0.15, -0.1) is 0 Å². The summed E-state index contributed by atoms with van der Waals surface area (Å²) in [5.41, 5.74) is -1.07. The van der Waals surface area contributed by atoms with E-state index in [4.69, 9.17) is 9.47 Å². The standard InChI is InChI=1S/C9H11F3N2O2/c1-3-15-7-5-6(9(10,11)12)13-8(14-7)16-4-2/h5H,3-4H2,1-2H3. The van der Waals surface area contributed by atoms with Gasteiger partial charge in [-0.3, -0.25) is 0 Å². The van der Waals surface area contributed by atoms with E-state index in [2.05, 4.69) is 9.97 Å². The van der Waals surface area contributed by atoms with Crippen molar-refractivity contribution < 1.29 is 22.6 Å². The number of halogens is 3. The lowest BCUT2D eigenvalue weighted by Crippen LogP contribution is -2.11. The summed E-state index contributed by atoms with van der Waals surface area (Å²) in [6, 6.07) is 0.409. The van der Waals surface area contributed by atoms with Crippen molar-refractivity contribution in [1.29, 1.82) is 0 Å². The van der Waals surface area contributed by atoms with Gasteiger partial charge in [-0.25, -0.2) is 0 Å². The summed E-state index contributed by atoms with van der Waals surface area (Å²) in [4.78, 5) is 6.91. The lowest BCUT2D eigenvalue weighted by atomic mass is 10.4. The Morgan fingerprint density at radius 1 is 1.12 bits per heavy atom. The first-order chi connectivity index (χ1) is 7.47. The molecule has 0 atom stereocenters. The summed E-state index contributed by atoms with van der Waals surface area (Å²) in [5, 5.41) is 0. The monoisotopic (exact) mass is 236 g/mol. The molecule has 0 aromatic carbocycles. The Balaban J connectivity index is 3.08. The molecule has 0 saturated carbocycles. The largest absolute Gasteiger partial charge is 0.478 e. The van der Waals surface area contributed by atoms with Crippen LogP contribution in [0.3, 0.4) is 0 Å². The van der Waals surface area contributed by atoms with Gasteiger partial charge in [-0.05, 0) is 13.8 Å². The molecule has 0 aliphatic heterocycles. The summed E-state index contributed by atoms with van der Waals surface area (Å²) in [5.74, 6) is -0.145. The van der Waals surface area contributed by atoms with Crippen LogP contribution < -0.4 is 9.47 Å². The lowest BCUT2D eigenvalue weighted by Gasteiger charge is -2.10. The Morgan fingerprint density at radius 3 is 2.25 bits per heavy atom. The topological polar surface area (TPSA) is 44.2 Å². The average Bonchev–Trinajstić information content (AvgIpc) is 2.17. The summed E-state index contributed by atoms with van der Waals surface area (Å²) in [6.45, 7) is 3.69. The number of hydrogen-bond donors (Lipinski definition) is 0. The van der Waals surface area contributed by atoms with Crippen LogP contribution in [0.4, 0.5) is 13.2 Å². The van der Waals surface area contributed by atoms with Gasteiger partial charge in [0.05, 0.1) is 13.2 Å². The molecule has 7 heteroatoms. The smallest absolute Gasteiger partial charge is 0.433 e. The summed E-state index contributed by atoms with van der Waals surface area (Å²) in [6.07, 6.45) is -4.54. The first-order valence-corrected chi connectivity index (χ1v) is 4.69. The van der Waals surface area contributed by atoms with Gasteiger partial charge in [0, 0.05) is 6.07 Å². The molecule has 0 spiro atoms. The van der Waals surface area contributed by atoms with Crippen molar-refractivity contribution in [2.24, 2.45) is 0 Å². The van der Waals surface area contributed by atoms with E-state index in [1.54, 1.807) is 13.8 Å². The Kier molecular flexibility index (Phi) is 3.92. The van der Waals surface area contributed by atoms with Crippen LogP contribution >= 0.6 is 0 Å². The quantitative estimate of drug-likeness (QED) is 0.804. The third-order valence-electron chi connectivity index (χ3n) is 1.54. The maximum atomic E-state index is 12.4. The van der Waals surface area contributed by atoms with E-state index in [9.17, 15) is 13.2 Å². The third-order valence-corrected chi connectivity index (χ3v) is 1.54. The van der Waals surface area contributed by atoms with E-state index in [-0.39, 0.29) is 25.1 Å². The van der Waals surface area contributed by atoms with Gasteiger partial charge >= 0.3 is 12.2 Å². The van der Waals surface area contributed by atoms with Crippen LogP contribution in [0.25, 0.3) is 0 Å². The molecule has 0 radical (unpaired) electrons. The summed E-state index contributed by atoms with van der Waals surface area (Å²) in [7, 11) is 0.